The molecule has 0 spiro atoms. The third-order valence-corrected chi connectivity index (χ3v) is 3.87. The van der Waals surface area contributed by atoms with Gasteiger partial charge >= 0.3 is 0 Å². The predicted octanol–water partition coefficient (Wildman–Crippen LogP) is 2.73. The molecule has 0 radical (unpaired) electrons. The van der Waals surface area contributed by atoms with E-state index in [0.29, 0.717) is 6.54 Å². The first-order chi connectivity index (χ1) is 8.60. The number of aliphatic hydroxyl groups excluding tert-OH is 1. The standard InChI is InChI=1S/C13H19N3OS/c1-9-6-13(11(3)18-9)10(2)15-12-7-14-16(8-12)4-5-17/h6-8,10,15,17H,4-5H2,1-3H3. The van der Waals surface area contributed by atoms with Gasteiger partial charge in [0.2, 0.25) is 0 Å². The van der Waals surface area contributed by atoms with Crippen molar-refractivity contribution in [1.29, 1.82) is 0 Å². The highest BCUT2D eigenvalue weighted by atomic mass is 32.1. The van der Waals surface area contributed by atoms with Crippen LogP contribution in [0.15, 0.2) is 18.5 Å². The number of aliphatic hydroxyl groups is 1. The molecule has 1 unspecified atom stereocenters. The Morgan fingerprint density at radius 1 is 1.50 bits per heavy atom. The lowest BCUT2D eigenvalue weighted by molar-refractivity contribution is 0.269. The molecule has 0 fully saturated rings. The van der Waals surface area contributed by atoms with Crippen LogP contribution in [0.25, 0.3) is 0 Å². The van der Waals surface area contributed by atoms with Crippen molar-refractivity contribution in [2.75, 3.05) is 11.9 Å². The number of aryl methyl sites for hydroxylation is 2. The quantitative estimate of drug-likeness (QED) is 0.874. The van der Waals surface area contributed by atoms with Gasteiger partial charge in [-0.15, -0.1) is 11.3 Å². The smallest absolute Gasteiger partial charge is 0.0731 e. The molecule has 0 aromatic carbocycles. The summed E-state index contributed by atoms with van der Waals surface area (Å²) in [5, 5.41) is 16.5. The normalized spacial score (nSPS) is 12.7. The van der Waals surface area contributed by atoms with Gasteiger partial charge in [0.15, 0.2) is 0 Å². The van der Waals surface area contributed by atoms with Gasteiger partial charge in [-0.1, -0.05) is 0 Å². The van der Waals surface area contributed by atoms with E-state index in [-0.39, 0.29) is 12.6 Å². The van der Waals surface area contributed by atoms with E-state index in [0.717, 1.165) is 5.69 Å². The van der Waals surface area contributed by atoms with Crippen LogP contribution in [0.5, 0.6) is 0 Å². The fourth-order valence-corrected chi connectivity index (χ4v) is 3.09. The Labute approximate surface area is 111 Å². The minimum atomic E-state index is 0.111. The van der Waals surface area contributed by atoms with Crippen LogP contribution < -0.4 is 5.32 Å². The molecular formula is C13H19N3OS. The van der Waals surface area contributed by atoms with Crippen LogP contribution in [-0.2, 0) is 6.54 Å². The molecule has 0 saturated heterocycles. The molecule has 5 heteroatoms. The number of aromatic nitrogens is 2. The van der Waals surface area contributed by atoms with Crippen LogP contribution in [-0.4, -0.2) is 21.5 Å². The van der Waals surface area contributed by atoms with E-state index in [1.807, 2.05) is 17.5 Å². The lowest BCUT2D eigenvalue weighted by Gasteiger charge is -2.13. The number of hydrogen-bond acceptors (Lipinski definition) is 4. The Bertz CT molecular complexity index is 518. The summed E-state index contributed by atoms with van der Waals surface area (Å²) in [5.41, 5.74) is 2.33. The van der Waals surface area contributed by atoms with Crippen molar-refractivity contribution < 1.29 is 5.11 Å². The molecule has 0 bridgehead atoms. The first-order valence-corrected chi connectivity index (χ1v) is 6.88. The number of nitrogens with one attached hydrogen (secondary N) is 1. The highest BCUT2D eigenvalue weighted by molar-refractivity contribution is 7.12. The van der Waals surface area contributed by atoms with Crippen molar-refractivity contribution in [1.82, 2.24) is 9.78 Å². The highest BCUT2D eigenvalue weighted by Crippen LogP contribution is 2.28. The fraction of sp³-hybridized carbons (Fsp3) is 0.462. The van der Waals surface area contributed by atoms with Crippen LogP contribution in [0, 0.1) is 13.8 Å². The lowest BCUT2D eigenvalue weighted by atomic mass is 10.1. The summed E-state index contributed by atoms with van der Waals surface area (Å²) in [6.07, 6.45) is 3.71. The molecule has 98 valence electrons. The van der Waals surface area contributed by atoms with Crippen LogP contribution in [0.1, 0.15) is 28.3 Å². The summed E-state index contributed by atoms with van der Waals surface area (Å²) >= 11 is 1.83. The van der Waals surface area contributed by atoms with E-state index < -0.39 is 0 Å². The molecule has 4 nitrogen and oxygen atoms in total. The van der Waals surface area contributed by atoms with Crippen molar-refractivity contribution >= 4 is 17.0 Å². The van der Waals surface area contributed by atoms with E-state index in [1.165, 1.54) is 15.3 Å². The number of nitrogens with zero attached hydrogens (tertiary/aromatic N) is 2. The minimum Gasteiger partial charge on any atom is -0.394 e. The van der Waals surface area contributed by atoms with E-state index in [9.17, 15) is 0 Å². The van der Waals surface area contributed by atoms with E-state index in [1.54, 1.807) is 10.9 Å². The van der Waals surface area contributed by atoms with Crippen molar-refractivity contribution in [2.24, 2.45) is 0 Å². The Morgan fingerprint density at radius 3 is 2.89 bits per heavy atom. The monoisotopic (exact) mass is 265 g/mol. The third-order valence-electron chi connectivity index (χ3n) is 2.89. The molecule has 2 aromatic rings. The third kappa shape index (κ3) is 2.91. The second-order valence-electron chi connectivity index (χ2n) is 4.45. The highest BCUT2D eigenvalue weighted by Gasteiger charge is 2.11. The Kier molecular flexibility index (Phi) is 4.04. The van der Waals surface area contributed by atoms with Crippen LogP contribution in [0.2, 0.25) is 0 Å². The Hall–Kier alpha value is -1.33. The van der Waals surface area contributed by atoms with Crippen LogP contribution >= 0.6 is 11.3 Å². The molecule has 0 aliphatic rings. The fourth-order valence-electron chi connectivity index (χ4n) is 2.07. The summed E-state index contributed by atoms with van der Waals surface area (Å²) in [7, 11) is 0. The maximum atomic E-state index is 8.85. The molecule has 2 aromatic heterocycles. The average Bonchev–Trinajstić information content (AvgIpc) is 2.86. The molecule has 0 aliphatic carbocycles. The number of hydrogen-bond donors (Lipinski definition) is 2. The molecule has 1 atom stereocenters. The molecule has 2 rings (SSSR count). The maximum absolute atomic E-state index is 8.85. The second kappa shape index (κ2) is 5.54. The first-order valence-electron chi connectivity index (χ1n) is 6.07. The summed E-state index contributed by atoms with van der Waals surface area (Å²) in [6, 6.07) is 2.50. The zero-order valence-electron chi connectivity index (χ0n) is 11.0. The second-order valence-corrected chi connectivity index (χ2v) is 5.91. The predicted molar refractivity (Wildman–Crippen MR) is 75.1 cm³/mol. The number of thiophene rings is 1. The maximum Gasteiger partial charge on any atom is 0.0731 e. The molecule has 18 heavy (non-hydrogen) atoms. The van der Waals surface area contributed by atoms with E-state index in [2.05, 4.69) is 37.3 Å². The van der Waals surface area contributed by atoms with E-state index in [4.69, 9.17) is 5.11 Å². The van der Waals surface area contributed by atoms with Gasteiger partial charge < -0.3 is 10.4 Å². The van der Waals surface area contributed by atoms with Gasteiger partial charge in [0.05, 0.1) is 25.0 Å². The molecule has 0 aliphatic heterocycles. The van der Waals surface area contributed by atoms with Crippen molar-refractivity contribution in [3.05, 3.63) is 33.8 Å². The SMILES string of the molecule is Cc1cc(C(C)Nc2cnn(CCO)c2)c(C)s1. The zero-order chi connectivity index (χ0) is 13.1. The van der Waals surface area contributed by atoms with E-state index >= 15 is 0 Å². The summed E-state index contributed by atoms with van der Waals surface area (Å²) in [4.78, 5) is 2.70. The van der Waals surface area contributed by atoms with Gasteiger partial charge in [-0.3, -0.25) is 4.68 Å². The van der Waals surface area contributed by atoms with Crippen molar-refractivity contribution in [3.63, 3.8) is 0 Å². The largest absolute Gasteiger partial charge is 0.394 e. The van der Waals surface area contributed by atoms with Gasteiger partial charge in [0, 0.05) is 22.0 Å². The van der Waals surface area contributed by atoms with Gasteiger partial charge in [0.1, 0.15) is 0 Å². The Morgan fingerprint density at radius 2 is 2.28 bits per heavy atom. The summed E-state index contributed by atoms with van der Waals surface area (Å²) < 4.78 is 1.74. The lowest BCUT2D eigenvalue weighted by Crippen LogP contribution is -2.06. The van der Waals surface area contributed by atoms with Gasteiger partial charge in [0.25, 0.3) is 0 Å². The number of anilines is 1. The van der Waals surface area contributed by atoms with Gasteiger partial charge in [-0.2, -0.15) is 5.10 Å². The zero-order valence-corrected chi connectivity index (χ0v) is 11.8. The Balaban J connectivity index is 2.06. The number of rotatable bonds is 5. The molecule has 2 N–H and O–H groups in total. The minimum absolute atomic E-state index is 0.111. The summed E-state index contributed by atoms with van der Waals surface area (Å²) in [5.74, 6) is 0. The molecular weight excluding hydrogens is 246 g/mol. The molecule has 2 heterocycles. The topological polar surface area (TPSA) is 50.1 Å². The van der Waals surface area contributed by atoms with Crippen LogP contribution in [0.3, 0.4) is 0 Å². The van der Waals surface area contributed by atoms with Crippen LogP contribution in [0.4, 0.5) is 5.69 Å². The van der Waals surface area contributed by atoms with Gasteiger partial charge in [-0.05, 0) is 32.4 Å². The van der Waals surface area contributed by atoms with Gasteiger partial charge in [-0.25, -0.2) is 0 Å². The van der Waals surface area contributed by atoms with Crippen molar-refractivity contribution in [3.8, 4) is 0 Å². The average molecular weight is 265 g/mol. The molecule has 0 saturated carbocycles. The molecule has 0 amide bonds. The summed E-state index contributed by atoms with van der Waals surface area (Å²) in [6.45, 7) is 7.08. The van der Waals surface area contributed by atoms with Crippen molar-refractivity contribution in [2.45, 2.75) is 33.4 Å². The first kappa shape index (κ1) is 13.1.